The lowest BCUT2D eigenvalue weighted by atomic mass is 10.0. The molecule has 2 amide bonds. The van der Waals surface area contributed by atoms with Crippen molar-refractivity contribution in [2.45, 2.75) is 30.6 Å². The summed E-state index contributed by atoms with van der Waals surface area (Å²) < 4.78 is 0. The van der Waals surface area contributed by atoms with Crippen LogP contribution in [0.2, 0.25) is 5.02 Å². The number of para-hydroxylation sites is 1. The molecule has 1 heterocycles. The zero-order valence-corrected chi connectivity index (χ0v) is 15.0. The number of carbonyl (C=O) groups excluding carboxylic acids is 2. The normalized spacial score (nSPS) is 31.6. The van der Waals surface area contributed by atoms with Crippen LogP contribution in [0, 0.1) is 11.8 Å². The van der Waals surface area contributed by atoms with Crippen LogP contribution >= 0.6 is 23.4 Å². The van der Waals surface area contributed by atoms with Crippen LogP contribution in [0.1, 0.15) is 19.3 Å². The molecule has 130 valence electrons. The highest BCUT2D eigenvalue weighted by Crippen LogP contribution is 2.41. The maximum atomic E-state index is 12.2. The Kier molecular flexibility index (Phi) is 4.56. The second-order valence-corrected chi connectivity index (χ2v) is 8.21. The average molecular weight is 376 g/mol. The topological polar surface area (TPSA) is 70.6 Å². The number of nitrogens with one attached hydrogen (secondary N) is 2. The summed E-state index contributed by atoms with van der Waals surface area (Å²) in [6.45, 7) is 0. The summed E-state index contributed by atoms with van der Waals surface area (Å²) in [4.78, 5) is 29.1. The first-order valence-corrected chi connectivity index (χ1v) is 9.62. The van der Waals surface area contributed by atoms with E-state index in [1.54, 1.807) is 24.3 Å². The number of thioether (sulfide) groups is 1. The smallest absolute Gasteiger partial charge is 0.240 e. The van der Waals surface area contributed by atoms with Crippen LogP contribution in [0.3, 0.4) is 0 Å². The number of fused-ring (bicyclic) bond motifs is 2. The lowest BCUT2D eigenvalue weighted by Crippen LogP contribution is -2.28. The van der Waals surface area contributed by atoms with Gasteiger partial charge in [-0.25, -0.2) is 0 Å². The zero-order valence-electron chi connectivity index (χ0n) is 13.4. The first-order valence-electron chi connectivity index (χ1n) is 8.36. The van der Waals surface area contributed by atoms with Crippen molar-refractivity contribution in [2.75, 3.05) is 5.32 Å². The van der Waals surface area contributed by atoms with E-state index in [4.69, 9.17) is 16.6 Å². The summed E-state index contributed by atoms with van der Waals surface area (Å²) in [7, 11) is 0. The number of benzene rings is 1. The Morgan fingerprint density at radius 1 is 1.32 bits per heavy atom. The number of nitrogens with zero attached hydrogens (tertiary/aromatic N) is 1. The molecule has 1 aliphatic heterocycles. The molecule has 2 N–H and O–H groups in total. The molecule has 4 rings (SSSR count). The quantitative estimate of drug-likeness (QED) is 0.794. The average Bonchev–Trinajstić information content (AvgIpc) is 3.27. The van der Waals surface area contributed by atoms with E-state index in [-0.39, 0.29) is 24.3 Å². The van der Waals surface area contributed by atoms with E-state index in [1.807, 2.05) is 0 Å². The molecule has 0 spiro atoms. The van der Waals surface area contributed by atoms with Crippen LogP contribution in [0.5, 0.6) is 0 Å². The number of aliphatic imine (C=N–C) groups is 1. The van der Waals surface area contributed by atoms with Gasteiger partial charge in [0, 0.05) is 6.42 Å². The van der Waals surface area contributed by atoms with Gasteiger partial charge in [0.25, 0.3) is 0 Å². The molecule has 1 saturated carbocycles. The van der Waals surface area contributed by atoms with E-state index in [1.165, 1.54) is 18.2 Å². The lowest BCUT2D eigenvalue weighted by Gasteiger charge is -2.13. The first kappa shape index (κ1) is 16.7. The first-order chi connectivity index (χ1) is 12.1. The molecule has 2 bridgehead atoms. The van der Waals surface area contributed by atoms with Crippen molar-refractivity contribution in [2.24, 2.45) is 16.8 Å². The van der Waals surface area contributed by atoms with E-state index in [0.717, 1.165) is 6.42 Å². The minimum Gasteiger partial charge on any atom is -0.325 e. The molecular formula is C18H18ClN3O2S. The summed E-state index contributed by atoms with van der Waals surface area (Å²) >= 11 is 7.39. The standard InChI is InChI=1S/C18H18ClN3O2S/c19-12-3-1-2-4-13(12)20-16(23)9-15-17(24)22-18(25-15)21-14-8-10-5-6-11(14)7-10/h1-6,10-11,14-15H,7-9H2,(H,20,23)(H,21,22,24)/t10-,11-,14-,15+/m1/s1. The molecule has 1 aromatic rings. The van der Waals surface area contributed by atoms with E-state index < -0.39 is 5.25 Å². The third-order valence-corrected chi connectivity index (χ3v) is 6.25. The Bertz CT molecular complexity index is 779. The highest BCUT2D eigenvalue weighted by atomic mass is 35.5. The Labute approximate surface area is 155 Å². The van der Waals surface area contributed by atoms with Gasteiger partial charge in [0.05, 0.1) is 16.8 Å². The maximum absolute atomic E-state index is 12.2. The largest absolute Gasteiger partial charge is 0.325 e. The predicted molar refractivity (Wildman–Crippen MR) is 101 cm³/mol. The zero-order chi connectivity index (χ0) is 17.4. The number of carbonyl (C=O) groups is 2. The number of amides is 2. The van der Waals surface area contributed by atoms with Crippen molar-refractivity contribution in [3.8, 4) is 0 Å². The summed E-state index contributed by atoms with van der Waals surface area (Å²) in [6, 6.07) is 7.30. The fourth-order valence-corrected chi connectivity index (χ4v) is 4.79. The molecule has 7 heteroatoms. The van der Waals surface area contributed by atoms with E-state index in [2.05, 4.69) is 22.8 Å². The highest BCUT2D eigenvalue weighted by Gasteiger charge is 2.38. The van der Waals surface area contributed by atoms with Crippen molar-refractivity contribution >= 4 is 46.0 Å². The summed E-state index contributed by atoms with van der Waals surface area (Å²) in [6.07, 6.45) is 6.82. The third-order valence-electron chi connectivity index (χ3n) is 4.82. The van der Waals surface area contributed by atoms with Gasteiger partial charge in [-0.2, -0.15) is 0 Å². The molecule has 0 unspecified atom stereocenters. The van der Waals surface area contributed by atoms with E-state index in [0.29, 0.717) is 27.7 Å². The maximum Gasteiger partial charge on any atom is 0.240 e. The molecule has 1 saturated heterocycles. The SMILES string of the molecule is O=C(C[C@@H]1SC(=N[C@@H]2C[C@@H]3C=C[C@@H]2C3)NC1=O)Nc1ccccc1Cl. The van der Waals surface area contributed by atoms with Gasteiger partial charge < -0.3 is 10.6 Å². The van der Waals surface area contributed by atoms with Crippen LogP contribution < -0.4 is 10.6 Å². The minimum absolute atomic E-state index is 0.0946. The van der Waals surface area contributed by atoms with E-state index in [9.17, 15) is 9.59 Å². The van der Waals surface area contributed by atoms with E-state index >= 15 is 0 Å². The molecule has 1 aromatic carbocycles. The van der Waals surface area contributed by atoms with Crippen LogP contribution in [0.4, 0.5) is 5.69 Å². The predicted octanol–water partition coefficient (Wildman–Crippen LogP) is 3.22. The number of hydrogen-bond donors (Lipinski definition) is 2. The van der Waals surface area contributed by atoms with Gasteiger partial charge in [0.2, 0.25) is 11.8 Å². The molecule has 0 aromatic heterocycles. The van der Waals surface area contributed by atoms with Crippen LogP contribution in [0.25, 0.3) is 0 Å². The Morgan fingerprint density at radius 2 is 2.16 bits per heavy atom. The number of hydrogen-bond acceptors (Lipinski definition) is 4. The Hall–Kier alpha value is -1.79. The molecule has 3 aliphatic rings. The fourth-order valence-electron chi connectivity index (χ4n) is 3.58. The number of allylic oxidation sites excluding steroid dienone is 1. The molecule has 25 heavy (non-hydrogen) atoms. The number of anilines is 1. The molecule has 2 fully saturated rings. The third kappa shape index (κ3) is 3.60. The number of amidine groups is 1. The van der Waals surface area contributed by atoms with Crippen LogP contribution in [-0.2, 0) is 9.59 Å². The molecule has 5 nitrogen and oxygen atoms in total. The van der Waals surface area contributed by atoms with Gasteiger partial charge in [0.1, 0.15) is 5.25 Å². The summed E-state index contributed by atoms with van der Waals surface area (Å²) in [5.74, 6) is 0.748. The van der Waals surface area contributed by atoms with Gasteiger partial charge in [-0.3, -0.25) is 14.6 Å². The van der Waals surface area contributed by atoms with Crippen LogP contribution in [0.15, 0.2) is 41.4 Å². The van der Waals surface area contributed by atoms with Crippen molar-refractivity contribution in [1.82, 2.24) is 5.32 Å². The summed E-state index contributed by atoms with van der Waals surface area (Å²) in [5.41, 5.74) is 0.556. The van der Waals surface area contributed by atoms with Gasteiger partial charge in [-0.1, -0.05) is 47.6 Å². The molecule has 2 aliphatic carbocycles. The monoisotopic (exact) mass is 375 g/mol. The number of halogens is 1. The van der Waals surface area contributed by atoms with Crippen molar-refractivity contribution in [1.29, 1.82) is 0 Å². The second kappa shape index (κ2) is 6.84. The van der Waals surface area contributed by atoms with Gasteiger partial charge in [-0.15, -0.1) is 0 Å². The Balaban J connectivity index is 1.35. The van der Waals surface area contributed by atoms with Crippen molar-refractivity contribution in [3.05, 3.63) is 41.4 Å². The number of rotatable bonds is 4. The minimum atomic E-state index is -0.449. The summed E-state index contributed by atoms with van der Waals surface area (Å²) in [5, 5.41) is 6.24. The van der Waals surface area contributed by atoms with Crippen molar-refractivity contribution < 1.29 is 9.59 Å². The molecule has 0 radical (unpaired) electrons. The van der Waals surface area contributed by atoms with Gasteiger partial charge in [-0.05, 0) is 36.8 Å². The Morgan fingerprint density at radius 3 is 2.88 bits per heavy atom. The van der Waals surface area contributed by atoms with Gasteiger partial charge in [0.15, 0.2) is 5.17 Å². The second-order valence-electron chi connectivity index (χ2n) is 6.61. The molecular weight excluding hydrogens is 358 g/mol. The molecule has 4 atom stereocenters. The lowest BCUT2D eigenvalue weighted by molar-refractivity contribution is -0.122. The van der Waals surface area contributed by atoms with Crippen LogP contribution in [-0.4, -0.2) is 28.3 Å². The highest BCUT2D eigenvalue weighted by molar-refractivity contribution is 8.15. The fraction of sp³-hybridized carbons (Fsp3) is 0.389. The van der Waals surface area contributed by atoms with Gasteiger partial charge >= 0.3 is 0 Å². The van der Waals surface area contributed by atoms with Crippen molar-refractivity contribution in [3.63, 3.8) is 0 Å².